The molecule has 2 aromatic carbocycles. The quantitative estimate of drug-likeness (QED) is 0.808. The van der Waals surface area contributed by atoms with Crippen LogP contribution in [-0.4, -0.2) is 11.3 Å². The summed E-state index contributed by atoms with van der Waals surface area (Å²) < 4.78 is 0. The smallest absolute Gasteiger partial charge is 0.210 e. The van der Waals surface area contributed by atoms with E-state index in [-0.39, 0.29) is 12.1 Å². The summed E-state index contributed by atoms with van der Waals surface area (Å²) in [6, 6.07) is 19.2. The fourth-order valence-electron chi connectivity index (χ4n) is 3.40. The van der Waals surface area contributed by atoms with E-state index in [0.29, 0.717) is 11.1 Å². The molecule has 24 heavy (non-hydrogen) atoms. The SMILES string of the molecule is N#Cc1ccc([C@H]2CCC[C@H](c3ccc(C#N)cc3)N2C=O)cc1. The Morgan fingerprint density at radius 1 is 0.833 bits per heavy atom. The van der Waals surface area contributed by atoms with E-state index in [1.165, 1.54) is 0 Å². The first-order chi connectivity index (χ1) is 11.8. The number of hydrogen-bond acceptors (Lipinski definition) is 3. The van der Waals surface area contributed by atoms with Crippen LogP contribution in [0, 0.1) is 22.7 Å². The monoisotopic (exact) mass is 315 g/mol. The van der Waals surface area contributed by atoms with Crippen molar-refractivity contribution >= 4 is 6.41 Å². The molecule has 0 radical (unpaired) electrons. The molecular weight excluding hydrogens is 298 g/mol. The molecule has 0 unspecified atom stereocenters. The Morgan fingerprint density at radius 2 is 1.25 bits per heavy atom. The zero-order chi connectivity index (χ0) is 16.9. The van der Waals surface area contributed by atoms with Crippen LogP contribution in [0.3, 0.4) is 0 Å². The largest absolute Gasteiger partial charge is 0.331 e. The summed E-state index contributed by atoms with van der Waals surface area (Å²) in [5.74, 6) is 0. The minimum Gasteiger partial charge on any atom is -0.331 e. The van der Waals surface area contributed by atoms with Crippen molar-refractivity contribution < 1.29 is 4.79 Å². The molecule has 2 aromatic rings. The lowest BCUT2D eigenvalue weighted by atomic mass is 9.88. The standard InChI is InChI=1S/C20H17N3O/c21-12-15-4-8-17(9-5-15)19-2-1-3-20(23(19)14-24)18-10-6-16(13-22)7-11-18/h4-11,14,19-20H,1-3H2/t19-,20-/m1/s1. The first-order valence-electron chi connectivity index (χ1n) is 7.99. The number of rotatable bonds is 3. The molecular formula is C20H17N3O. The highest BCUT2D eigenvalue weighted by atomic mass is 16.1. The van der Waals surface area contributed by atoms with Gasteiger partial charge in [0.05, 0.1) is 35.3 Å². The normalized spacial score (nSPS) is 20.0. The topological polar surface area (TPSA) is 67.9 Å². The Bertz CT molecular complexity index is 731. The van der Waals surface area contributed by atoms with Gasteiger partial charge in [0.15, 0.2) is 0 Å². The van der Waals surface area contributed by atoms with Gasteiger partial charge in [-0.25, -0.2) is 0 Å². The Labute approximate surface area is 141 Å². The van der Waals surface area contributed by atoms with E-state index >= 15 is 0 Å². The van der Waals surface area contributed by atoms with Crippen LogP contribution in [0.25, 0.3) is 0 Å². The lowest BCUT2D eigenvalue weighted by molar-refractivity contribution is -0.125. The number of carbonyl (C=O) groups is 1. The first-order valence-corrected chi connectivity index (χ1v) is 7.99. The van der Waals surface area contributed by atoms with Crippen LogP contribution in [0.1, 0.15) is 53.6 Å². The number of likely N-dealkylation sites (tertiary alicyclic amines) is 1. The predicted molar refractivity (Wildman–Crippen MR) is 89.6 cm³/mol. The molecule has 1 aliphatic heterocycles. The van der Waals surface area contributed by atoms with Crippen LogP contribution in [0.4, 0.5) is 0 Å². The van der Waals surface area contributed by atoms with Crippen molar-refractivity contribution in [2.75, 3.05) is 0 Å². The molecule has 4 nitrogen and oxygen atoms in total. The second-order valence-electron chi connectivity index (χ2n) is 5.98. The van der Waals surface area contributed by atoms with Gasteiger partial charge in [0.25, 0.3) is 0 Å². The van der Waals surface area contributed by atoms with Gasteiger partial charge in [-0.1, -0.05) is 24.3 Å². The lowest BCUT2D eigenvalue weighted by Gasteiger charge is -2.40. The summed E-state index contributed by atoms with van der Waals surface area (Å²) in [4.78, 5) is 13.7. The summed E-state index contributed by atoms with van der Waals surface area (Å²) in [5.41, 5.74) is 3.35. The molecule has 0 aliphatic carbocycles. The van der Waals surface area contributed by atoms with Crippen molar-refractivity contribution in [3.05, 3.63) is 70.8 Å². The first kappa shape index (κ1) is 15.8. The molecule has 2 atom stereocenters. The Hall–Kier alpha value is -3.11. The van der Waals surface area contributed by atoms with Crippen LogP contribution in [-0.2, 0) is 4.79 Å². The number of piperidine rings is 1. The molecule has 4 heteroatoms. The molecule has 118 valence electrons. The second kappa shape index (κ2) is 6.98. The summed E-state index contributed by atoms with van der Waals surface area (Å²) in [5, 5.41) is 17.9. The van der Waals surface area contributed by atoms with E-state index in [9.17, 15) is 4.79 Å². The highest BCUT2D eigenvalue weighted by Crippen LogP contribution is 2.40. The van der Waals surface area contributed by atoms with Crippen LogP contribution >= 0.6 is 0 Å². The molecule has 1 heterocycles. The summed E-state index contributed by atoms with van der Waals surface area (Å²) >= 11 is 0. The maximum absolute atomic E-state index is 11.8. The van der Waals surface area contributed by atoms with Crippen LogP contribution in [0.15, 0.2) is 48.5 Å². The van der Waals surface area contributed by atoms with E-state index in [2.05, 4.69) is 12.1 Å². The van der Waals surface area contributed by atoms with Gasteiger partial charge in [0.2, 0.25) is 6.41 Å². The van der Waals surface area contributed by atoms with Crippen molar-refractivity contribution in [3.8, 4) is 12.1 Å². The summed E-state index contributed by atoms with van der Waals surface area (Å²) in [6.07, 6.45) is 3.78. The van der Waals surface area contributed by atoms with Gasteiger partial charge in [-0.05, 0) is 54.7 Å². The molecule has 3 rings (SSSR count). The van der Waals surface area contributed by atoms with Gasteiger partial charge in [0, 0.05) is 0 Å². The van der Waals surface area contributed by atoms with Gasteiger partial charge in [-0.3, -0.25) is 4.79 Å². The van der Waals surface area contributed by atoms with Crippen molar-refractivity contribution in [2.24, 2.45) is 0 Å². The fourth-order valence-corrected chi connectivity index (χ4v) is 3.40. The maximum atomic E-state index is 11.8. The average molecular weight is 315 g/mol. The average Bonchev–Trinajstić information content (AvgIpc) is 2.67. The van der Waals surface area contributed by atoms with Crippen molar-refractivity contribution in [2.45, 2.75) is 31.3 Å². The van der Waals surface area contributed by atoms with E-state index in [0.717, 1.165) is 36.8 Å². The third-order valence-corrected chi connectivity index (χ3v) is 4.65. The molecule has 0 aromatic heterocycles. The third-order valence-electron chi connectivity index (χ3n) is 4.65. The third kappa shape index (κ3) is 3.00. The van der Waals surface area contributed by atoms with Gasteiger partial charge in [0.1, 0.15) is 0 Å². The Morgan fingerprint density at radius 3 is 1.58 bits per heavy atom. The van der Waals surface area contributed by atoms with Crippen LogP contribution in [0.5, 0.6) is 0 Å². The van der Waals surface area contributed by atoms with Gasteiger partial charge in [-0.15, -0.1) is 0 Å². The number of benzene rings is 2. The minimum atomic E-state index is 0.0182. The molecule has 1 aliphatic rings. The number of amides is 1. The molecule has 0 N–H and O–H groups in total. The highest BCUT2D eigenvalue weighted by molar-refractivity contribution is 5.51. The van der Waals surface area contributed by atoms with Crippen LogP contribution in [0.2, 0.25) is 0 Å². The molecule has 0 spiro atoms. The second-order valence-corrected chi connectivity index (χ2v) is 5.98. The highest BCUT2D eigenvalue weighted by Gasteiger charge is 2.31. The minimum absolute atomic E-state index is 0.0182. The molecule has 0 saturated carbocycles. The zero-order valence-electron chi connectivity index (χ0n) is 13.2. The van der Waals surface area contributed by atoms with Gasteiger partial charge < -0.3 is 4.90 Å². The fraction of sp³-hybridized carbons (Fsp3) is 0.250. The lowest BCUT2D eigenvalue weighted by Crippen LogP contribution is -2.35. The number of nitriles is 2. The zero-order valence-corrected chi connectivity index (χ0v) is 13.2. The van der Waals surface area contributed by atoms with Crippen molar-refractivity contribution in [1.82, 2.24) is 4.90 Å². The van der Waals surface area contributed by atoms with Gasteiger partial charge >= 0.3 is 0 Å². The number of nitrogens with zero attached hydrogens (tertiary/aromatic N) is 3. The summed E-state index contributed by atoms with van der Waals surface area (Å²) in [6.45, 7) is 0. The maximum Gasteiger partial charge on any atom is 0.210 e. The van der Waals surface area contributed by atoms with E-state index in [4.69, 9.17) is 10.5 Å². The number of carbonyl (C=O) groups excluding carboxylic acids is 1. The molecule has 1 saturated heterocycles. The van der Waals surface area contributed by atoms with E-state index in [1.807, 2.05) is 29.2 Å². The Balaban J connectivity index is 1.89. The molecule has 1 amide bonds. The molecule has 0 bridgehead atoms. The summed E-state index contributed by atoms with van der Waals surface area (Å²) in [7, 11) is 0. The van der Waals surface area contributed by atoms with Crippen molar-refractivity contribution in [3.63, 3.8) is 0 Å². The van der Waals surface area contributed by atoms with Gasteiger partial charge in [-0.2, -0.15) is 10.5 Å². The van der Waals surface area contributed by atoms with E-state index < -0.39 is 0 Å². The predicted octanol–water partition coefficient (Wildman–Crippen LogP) is 3.85. The Kier molecular flexibility index (Phi) is 4.59. The number of hydrogen-bond donors (Lipinski definition) is 0. The van der Waals surface area contributed by atoms with Crippen molar-refractivity contribution in [1.29, 1.82) is 10.5 Å². The van der Waals surface area contributed by atoms with E-state index in [1.54, 1.807) is 24.3 Å². The van der Waals surface area contributed by atoms with Crippen LogP contribution < -0.4 is 0 Å². The molecule has 1 fully saturated rings.